The number of aromatic nitrogens is 2. The number of nitrogens with one attached hydrogen (secondary N) is 2. The summed E-state index contributed by atoms with van der Waals surface area (Å²) in [5, 5.41) is 0. The first-order valence-electron chi connectivity index (χ1n) is 3.55. The van der Waals surface area contributed by atoms with Crippen LogP contribution in [0.1, 0.15) is 19.0 Å². The van der Waals surface area contributed by atoms with Crippen molar-refractivity contribution in [2.75, 3.05) is 0 Å². The SMILES string of the molecule is CCCc1cc(=O)[15nH][13c](=S)[15nH]1. The maximum atomic E-state index is 10.8. The van der Waals surface area contributed by atoms with Crippen LogP contribution in [0.25, 0.3) is 0 Å². The van der Waals surface area contributed by atoms with Crippen LogP contribution < -0.4 is 5.56 Å². The number of hydrogen-bond donors (Lipinski definition) is 2. The Morgan fingerprint density at radius 3 is 2.82 bits per heavy atom. The molecule has 3 nitrogen and oxygen atoms in total. The van der Waals surface area contributed by atoms with E-state index in [9.17, 15) is 4.79 Å². The van der Waals surface area contributed by atoms with Gasteiger partial charge in [0.05, 0.1) is 0 Å². The van der Waals surface area contributed by atoms with Gasteiger partial charge in [-0.1, -0.05) is 13.3 Å². The van der Waals surface area contributed by atoms with Gasteiger partial charge in [-0.15, -0.1) is 0 Å². The highest BCUT2D eigenvalue weighted by Crippen LogP contribution is 1.93. The molecule has 0 spiro atoms. The van der Waals surface area contributed by atoms with Crippen molar-refractivity contribution in [1.82, 2.24) is 9.97 Å². The van der Waals surface area contributed by atoms with Crippen molar-refractivity contribution in [3.05, 3.63) is 26.9 Å². The minimum Gasteiger partial charge on any atom is -0.336 e. The molecule has 0 aliphatic heterocycles. The van der Waals surface area contributed by atoms with Crippen LogP contribution in [0.4, 0.5) is 0 Å². The van der Waals surface area contributed by atoms with Crippen molar-refractivity contribution >= 4 is 12.2 Å². The molecule has 60 valence electrons. The first-order valence-corrected chi connectivity index (χ1v) is 3.95. The Morgan fingerprint density at radius 2 is 2.27 bits per heavy atom. The molecular formula is C7H10N2OS. The molecule has 0 saturated carbocycles. The largest absolute Gasteiger partial charge is 0.336 e. The Hall–Kier alpha value is -0.900. The second-order valence-corrected chi connectivity index (χ2v) is 2.77. The second kappa shape index (κ2) is 3.48. The minimum atomic E-state index is -0.128. The van der Waals surface area contributed by atoms with Crippen LogP contribution in [0.3, 0.4) is 0 Å². The van der Waals surface area contributed by atoms with Crippen LogP contribution in [-0.4, -0.2) is 9.97 Å². The zero-order valence-electron chi connectivity index (χ0n) is 6.31. The predicted molar refractivity (Wildman–Crippen MR) is 46.2 cm³/mol. The third-order valence-corrected chi connectivity index (χ3v) is 1.54. The van der Waals surface area contributed by atoms with E-state index in [1.54, 1.807) is 6.07 Å². The summed E-state index contributed by atoms with van der Waals surface area (Å²) in [7, 11) is 0. The van der Waals surface area contributed by atoms with E-state index in [0.717, 1.165) is 18.5 Å². The molecular weight excluding hydrogens is 163 g/mol. The molecule has 0 saturated heterocycles. The van der Waals surface area contributed by atoms with Gasteiger partial charge in [0.1, 0.15) is 0 Å². The topological polar surface area (TPSA) is 48.6 Å². The first kappa shape index (κ1) is 8.20. The van der Waals surface area contributed by atoms with Gasteiger partial charge in [-0.05, 0) is 18.6 Å². The monoisotopic (exact) mass is 173 g/mol. The minimum absolute atomic E-state index is 0.128. The predicted octanol–water partition coefficient (Wildman–Crippen LogP) is 1.38. The lowest BCUT2D eigenvalue weighted by atomic mass is 10.3. The van der Waals surface area contributed by atoms with Gasteiger partial charge in [-0.3, -0.25) is 9.78 Å². The van der Waals surface area contributed by atoms with Gasteiger partial charge < -0.3 is 4.98 Å². The number of aromatic amines is 2. The van der Waals surface area contributed by atoms with Crippen molar-refractivity contribution in [2.45, 2.75) is 19.8 Å². The fourth-order valence-corrected chi connectivity index (χ4v) is 1.16. The molecule has 0 bridgehead atoms. The third kappa shape index (κ3) is 2.31. The molecule has 4 heteroatoms. The van der Waals surface area contributed by atoms with Crippen LogP contribution in [0.5, 0.6) is 0 Å². The van der Waals surface area contributed by atoms with Gasteiger partial charge in [-0.25, -0.2) is 0 Å². The van der Waals surface area contributed by atoms with Crippen molar-refractivity contribution in [3.63, 3.8) is 0 Å². The first-order chi connectivity index (χ1) is 5.22. The smallest absolute Gasteiger partial charge is 0.251 e. The summed E-state index contributed by atoms with van der Waals surface area (Å²) >= 11 is 4.79. The van der Waals surface area contributed by atoms with Gasteiger partial charge in [-0.2, -0.15) is 0 Å². The fraction of sp³-hybridized carbons (Fsp3) is 0.429. The van der Waals surface area contributed by atoms with Gasteiger partial charge in [0.15, 0.2) is 4.77 Å². The summed E-state index contributed by atoms with van der Waals surface area (Å²) in [6.45, 7) is 2.05. The number of aryl methyl sites for hydroxylation is 1. The summed E-state index contributed by atoms with van der Waals surface area (Å²) in [5.74, 6) is 0. The summed E-state index contributed by atoms with van der Waals surface area (Å²) in [6.07, 6.45) is 1.88. The van der Waals surface area contributed by atoms with Crippen LogP contribution in [0.2, 0.25) is 0 Å². The lowest BCUT2D eigenvalue weighted by Crippen LogP contribution is -2.08. The standard InChI is InChI=1S/C7H10N2OS/c1-2-3-5-4-6(10)9-7(11)8-5/h4H,2-3H2,1H3,(H2,8,9,10,11)/i7+1,8+1,9+1. The normalized spacial score (nSPS) is 9.91. The molecule has 0 amide bonds. The van der Waals surface area contributed by atoms with E-state index in [-0.39, 0.29) is 5.56 Å². The maximum absolute atomic E-state index is 10.8. The Morgan fingerprint density at radius 1 is 1.55 bits per heavy atom. The number of H-pyrrole nitrogens is 2. The Bertz CT molecular complexity index is 311. The van der Waals surface area contributed by atoms with E-state index in [2.05, 4.69) is 16.9 Å². The molecule has 1 aromatic rings. The van der Waals surface area contributed by atoms with E-state index in [4.69, 9.17) is 12.2 Å². The van der Waals surface area contributed by atoms with E-state index in [1.807, 2.05) is 0 Å². The summed E-state index contributed by atoms with van der Waals surface area (Å²) in [4.78, 5) is 16.2. The Labute approximate surface area is 69.5 Å². The summed E-state index contributed by atoms with van der Waals surface area (Å²) < 4.78 is 0.404. The van der Waals surface area contributed by atoms with Crippen LogP contribution in [-0.2, 0) is 6.42 Å². The Balaban J connectivity index is 3.09. The van der Waals surface area contributed by atoms with Crippen LogP contribution in [0.15, 0.2) is 10.9 Å². The molecule has 1 rings (SSSR count). The van der Waals surface area contributed by atoms with Crippen molar-refractivity contribution in [1.29, 1.82) is 0 Å². The van der Waals surface area contributed by atoms with E-state index in [0.29, 0.717) is 4.77 Å². The number of rotatable bonds is 2. The lowest BCUT2D eigenvalue weighted by molar-refractivity contribution is 0.861. The fourth-order valence-electron chi connectivity index (χ4n) is 0.923. The van der Waals surface area contributed by atoms with Gasteiger partial charge in [0, 0.05) is 11.8 Å². The molecule has 0 aliphatic rings. The third-order valence-electron chi connectivity index (χ3n) is 1.34. The molecule has 0 aliphatic carbocycles. The summed E-state index contributed by atoms with van der Waals surface area (Å²) in [6, 6.07) is 1.54. The Kier molecular flexibility index (Phi) is 2.59. The average Bonchev–Trinajstić information content (AvgIpc) is 1.85. The highest BCUT2D eigenvalue weighted by Gasteiger charge is 1.91. The van der Waals surface area contributed by atoms with Gasteiger partial charge in [0.2, 0.25) is 0 Å². The molecule has 11 heavy (non-hydrogen) atoms. The zero-order chi connectivity index (χ0) is 8.27. The molecule has 0 aromatic carbocycles. The molecule has 0 atom stereocenters. The van der Waals surface area contributed by atoms with Crippen molar-refractivity contribution in [2.24, 2.45) is 0 Å². The van der Waals surface area contributed by atoms with Crippen molar-refractivity contribution in [3.8, 4) is 0 Å². The highest BCUT2D eigenvalue weighted by atomic mass is 32.1. The van der Waals surface area contributed by atoms with Crippen molar-refractivity contribution < 1.29 is 0 Å². The molecule has 0 fully saturated rings. The zero-order valence-corrected chi connectivity index (χ0v) is 7.12. The van der Waals surface area contributed by atoms with Crippen LogP contribution in [0, 0.1) is 4.77 Å². The highest BCUT2D eigenvalue weighted by molar-refractivity contribution is 7.71. The second-order valence-electron chi connectivity index (χ2n) is 2.36. The number of hydrogen-bond acceptors (Lipinski definition) is 2. The quantitative estimate of drug-likeness (QED) is 0.664. The molecule has 2 N–H and O–H groups in total. The molecule has 0 radical (unpaired) electrons. The average molecular weight is 173 g/mol. The van der Waals surface area contributed by atoms with E-state index >= 15 is 0 Å². The van der Waals surface area contributed by atoms with Crippen LogP contribution >= 0.6 is 12.2 Å². The van der Waals surface area contributed by atoms with Gasteiger partial charge in [0.25, 0.3) is 5.56 Å². The lowest BCUT2D eigenvalue weighted by Gasteiger charge is -1.95. The molecule has 0 unspecified atom stereocenters. The maximum Gasteiger partial charge on any atom is 0.251 e. The van der Waals surface area contributed by atoms with Gasteiger partial charge >= 0.3 is 0 Å². The molecule has 1 heterocycles. The molecule has 1 aromatic heterocycles. The van der Waals surface area contributed by atoms with E-state index in [1.165, 1.54) is 0 Å². The summed E-state index contributed by atoms with van der Waals surface area (Å²) in [5.41, 5.74) is 0.776. The van der Waals surface area contributed by atoms with E-state index < -0.39 is 0 Å².